The Morgan fingerprint density at radius 1 is 1.24 bits per heavy atom. The summed E-state index contributed by atoms with van der Waals surface area (Å²) in [5, 5.41) is 12.7. The Bertz CT molecular complexity index is 1010. The van der Waals surface area contributed by atoms with Crippen LogP contribution >= 0.6 is 11.3 Å². The second kappa shape index (κ2) is 6.73. The van der Waals surface area contributed by atoms with E-state index in [4.69, 9.17) is 4.42 Å². The number of sulfone groups is 1. The molecule has 25 heavy (non-hydrogen) atoms. The van der Waals surface area contributed by atoms with Gasteiger partial charge in [-0.25, -0.2) is 13.4 Å². The van der Waals surface area contributed by atoms with Crippen molar-refractivity contribution in [2.45, 2.75) is 18.7 Å². The molecule has 0 aliphatic carbocycles. The number of nitrogens with zero attached hydrogens (tertiary/aromatic N) is 3. The Kier molecular flexibility index (Phi) is 4.64. The van der Waals surface area contributed by atoms with Crippen LogP contribution in [0.5, 0.6) is 0 Å². The van der Waals surface area contributed by atoms with Crippen molar-refractivity contribution in [2.24, 2.45) is 0 Å². The second-order valence-electron chi connectivity index (χ2n) is 5.05. The summed E-state index contributed by atoms with van der Waals surface area (Å²) in [5.41, 5.74) is 0.823. The molecule has 0 saturated carbocycles. The summed E-state index contributed by atoms with van der Waals surface area (Å²) in [4.78, 5) is 16.6. The van der Waals surface area contributed by atoms with Gasteiger partial charge >= 0.3 is 6.01 Å². The average molecular weight is 378 g/mol. The largest absolute Gasteiger partial charge is 0.401 e. The van der Waals surface area contributed by atoms with Gasteiger partial charge < -0.3 is 4.42 Å². The smallest absolute Gasteiger partial charge is 0.322 e. The normalized spacial score (nSPS) is 11.4. The number of anilines is 1. The monoisotopic (exact) mass is 378 g/mol. The number of amides is 1. The minimum absolute atomic E-state index is 0.000598. The van der Waals surface area contributed by atoms with Gasteiger partial charge in [0.05, 0.1) is 15.7 Å². The van der Waals surface area contributed by atoms with E-state index in [0.29, 0.717) is 5.69 Å². The highest BCUT2D eigenvalue weighted by Gasteiger charge is 2.16. The van der Waals surface area contributed by atoms with Crippen LogP contribution in [0, 0.1) is 6.92 Å². The highest BCUT2D eigenvalue weighted by atomic mass is 32.2. The van der Waals surface area contributed by atoms with Crippen LogP contribution in [0.4, 0.5) is 6.01 Å². The fraction of sp³-hybridized carbons (Fsp3) is 0.200. The number of rotatable bonds is 5. The Morgan fingerprint density at radius 2 is 1.96 bits per heavy atom. The molecular weight excluding hydrogens is 364 g/mol. The van der Waals surface area contributed by atoms with E-state index in [-0.39, 0.29) is 28.1 Å². The molecule has 0 bridgehead atoms. The van der Waals surface area contributed by atoms with Crippen LogP contribution in [-0.4, -0.2) is 35.3 Å². The van der Waals surface area contributed by atoms with Crippen molar-refractivity contribution in [3.8, 4) is 11.6 Å². The van der Waals surface area contributed by atoms with E-state index in [1.165, 1.54) is 35.6 Å². The van der Waals surface area contributed by atoms with E-state index in [2.05, 4.69) is 20.5 Å². The third kappa shape index (κ3) is 3.74. The zero-order chi connectivity index (χ0) is 18.0. The van der Waals surface area contributed by atoms with Gasteiger partial charge in [0, 0.05) is 10.9 Å². The maximum Gasteiger partial charge on any atom is 0.322 e. The standard InChI is InChI=1S/C15H14N4O4S2/c1-3-25(21,22)11-6-4-10(5-7-11)13(20)17-15-19-18-14(23-15)12-8-24-9(2)16-12/h4-8H,3H2,1-2H3,(H,17,19,20). The lowest BCUT2D eigenvalue weighted by Gasteiger charge is -2.03. The van der Waals surface area contributed by atoms with Gasteiger partial charge in [0.25, 0.3) is 11.8 Å². The molecule has 0 aliphatic heterocycles. The predicted molar refractivity (Wildman–Crippen MR) is 92.3 cm³/mol. The number of aromatic nitrogens is 3. The lowest BCUT2D eigenvalue weighted by molar-refractivity contribution is 0.102. The number of nitrogens with one attached hydrogen (secondary N) is 1. The maximum absolute atomic E-state index is 12.2. The maximum atomic E-state index is 12.2. The number of aryl methyl sites for hydroxylation is 1. The Hall–Kier alpha value is -2.59. The SMILES string of the molecule is CCS(=O)(=O)c1ccc(C(=O)Nc2nnc(-c3csc(C)n3)o2)cc1. The van der Waals surface area contributed by atoms with Gasteiger partial charge in [-0.05, 0) is 31.2 Å². The first-order valence-electron chi connectivity index (χ1n) is 7.29. The molecule has 8 nitrogen and oxygen atoms in total. The number of carbonyl (C=O) groups is 1. The van der Waals surface area contributed by atoms with Crippen LogP contribution in [0.2, 0.25) is 0 Å². The summed E-state index contributed by atoms with van der Waals surface area (Å²) in [6.07, 6.45) is 0. The predicted octanol–water partition coefficient (Wildman–Crippen LogP) is 2.55. The molecule has 0 radical (unpaired) electrons. The van der Waals surface area contributed by atoms with Crippen molar-refractivity contribution in [1.29, 1.82) is 0 Å². The fourth-order valence-corrected chi connectivity index (χ4v) is 3.46. The fourth-order valence-electron chi connectivity index (χ4n) is 1.99. The van der Waals surface area contributed by atoms with Gasteiger partial charge in [-0.1, -0.05) is 12.0 Å². The Morgan fingerprint density at radius 3 is 2.56 bits per heavy atom. The molecule has 0 spiro atoms. The lowest BCUT2D eigenvalue weighted by Crippen LogP contribution is -2.12. The average Bonchev–Trinajstić information content (AvgIpc) is 3.24. The van der Waals surface area contributed by atoms with Crippen LogP contribution in [0.25, 0.3) is 11.6 Å². The molecule has 3 aromatic rings. The summed E-state index contributed by atoms with van der Waals surface area (Å²) in [7, 11) is -3.30. The van der Waals surface area contributed by atoms with Crippen molar-refractivity contribution in [1.82, 2.24) is 15.2 Å². The lowest BCUT2D eigenvalue weighted by atomic mass is 10.2. The molecule has 1 aromatic carbocycles. The topological polar surface area (TPSA) is 115 Å². The Balaban J connectivity index is 1.73. The molecular formula is C15H14N4O4S2. The van der Waals surface area contributed by atoms with Crippen LogP contribution in [0.15, 0.2) is 39.0 Å². The van der Waals surface area contributed by atoms with Gasteiger partial charge in [-0.2, -0.15) is 0 Å². The van der Waals surface area contributed by atoms with Crippen LogP contribution in [-0.2, 0) is 9.84 Å². The molecule has 130 valence electrons. The third-order valence-corrected chi connectivity index (χ3v) is 5.86. The molecule has 3 rings (SSSR count). The molecule has 0 saturated heterocycles. The molecule has 0 unspecified atom stereocenters. The minimum atomic E-state index is -3.30. The summed E-state index contributed by atoms with van der Waals surface area (Å²) in [6.45, 7) is 3.42. The first-order valence-corrected chi connectivity index (χ1v) is 9.82. The van der Waals surface area contributed by atoms with Crippen molar-refractivity contribution in [3.05, 3.63) is 40.2 Å². The zero-order valence-corrected chi connectivity index (χ0v) is 15.0. The molecule has 2 aromatic heterocycles. The Labute approximate surface area is 147 Å². The van der Waals surface area contributed by atoms with Gasteiger partial charge in [-0.3, -0.25) is 10.1 Å². The van der Waals surface area contributed by atoms with Crippen LogP contribution in [0.1, 0.15) is 22.3 Å². The first-order chi connectivity index (χ1) is 11.9. The van der Waals surface area contributed by atoms with Crippen molar-refractivity contribution in [2.75, 3.05) is 11.1 Å². The van der Waals surface area contributed by atoms with E-state index in [1.807, 2.05) is 6.92 Å². The number of hydrogen-bond donors (Lipinski definition) is 1. The highest BCUT2D eigenvalue weighted by molar-refractivity contribution is 7.91. The van der Waals surface area contributed by atoms with Crippen LogP contribution < -0.4 is 5.32 Å². The second-order valence-corrected chi connectivity index (χ2v) is 8.39. The van der Waals surface area contributed by atoms with Gasteiger partial charge in [0.2, 0.25) is 0 Å². The minimum Gasteiger partial charge on any atom is -0.401 e. The van der Waals surface area contributed by atoms with Crippen molar-refractivity contribution >= 4 is 33.1 Å². The summed E-state index contributed by atoms with van der Waals surface area (Å²) in [5.74, 6) is -0.270. The molecule has 1 amide bonds. The quantitative estimate of drug-likeness (QED) is 0.725. The van der Waals surface area contributed by atoms with Crippen LogP contribution in [0.3, 0.4) is 0 Å². The third-order valence-electron chi connectivity index (χ3n) is 3.34. The number of carbonyl (C=O) groups excluding carboxylic acids is 1. The van der Waals surface area contributed by atoms with Crippen molar-refractivity contribution < 1.29 is 17.6 Å². The van der Waals surface area contributed by atoms with Gasteiger partial charge in [0.1, 0.15) is 5.69 Å². The summed E-state index contributed by atoms with van der Waals surface area (Å²) < 4.78 is 28.9. The van der Waals surface area contributed by atoms with E-state index in [0.717, 1.165) is 5.01 Å². The first kappa shape index (κ1) is 17.2. The van der Waals surface area contributed by atoms with Crippen molar-refractivity contribution in [3.63, 3.8) is 0 Å². The molecule has 0 aliphatic rings. The van der Waals surface area contributed by atoms with E-state index in [9.17, 15) is 13.2 Å². The van der Waals surface area contributed by atoms with E-state index < -0.39 is 15.7 Å². The van der Waals surface area contributed by atoms with E-state index in [1.54, 1.807) is 12.3 Å². The summed E-state index contributed by atoms with van der Waals surface area (Å²) in [6, 6.07) is 5.59. The van der Waals surface area contributed by atoms with E-state index >= 15 is 0 Å². The summed E-state index contributed by atoms with van der Waals surface area (Å²) >= 11 is 1.45. The molecule has 2 heterocycles. The van der Waals surface area contributed by atoms with Gasteiger partial charge in [-0.15, -0.1) is 16.4 Å². The molecule has 0 atom stereocenters. The molecule has 10 heteroatoms. The van der Waals surface area contributed by atoms with Gasteiger partial charge in [0.15, 0.2) is 9.84 Å². The number of benzene rings is 1. The zero-order valence-electron chi connectivity index (χ0n) is 13.4. The number of hydrogen-bond acceptors (Lipinski definition) is 8. The number of thiazole rings is 1. The molecule has 1 N–H and O–H groups in total. The molecule has 0 fully saturated rings. The highest BCUT2D eigenvalue weighted by Crippen LogP contribution is 2.22.